The number of carbonyl (C=O) groups excluding carboxylic acids is 2. The molecule has 0 aliphatic carbocycles. The highest BCUT2D eigenvalue weighted by Gasteiger charge is 2.30. The molecule has 2 amide bonds. The van der Waals surface area contributed by atoms with Gasteiger partial charge in [0.2, 0.25) is 11.8 Å². The Labute approximate surface area is 152 Å². The minimum Gasteiger partial charge on any atom is -0.352 e. The molecule has 9 heteroatoms. The van der Waals surface area contributed by atoms with Gasteiger partial charge in [0.1, 0.15) is 4.21 Å². The maximum absolute atomic E-state index is 12.7. The van der Waals surface area contributed by atoms with Gasteiger partial charge in [0.15, 0.2) is 0 Å². The van der Waals surface area contributed by atoms with Gasteiger partial charge in [-0.2, -0.15) is 4.31 Å². The van der Waals surface area contributed by atoms with E-state index < -0.39 is 10.0 Å². The summed E-state index contributed by atoms with van der Waals surface area (Å²) in [5, 5.41) is 5.42. The Hall–Kier alpha value is -1.71. The lowest BCUT2D eigenvalue weighted by Gasteiger charge is -2.30. The maximum atomic E-state index is 12.7. The summed E-state index contributed by atoms with van der Waals surface area (Å²) in [5.74, 6) is -0.0854. The molecule has 2 heterocycles. The zero-order chi connectivity index (χ0) is 18.4. The van der Waals surface area contributed by atoms with Crippen LogP contribution in [-0.4, -0.2) is 44.2 Å². The molecule has 0 saturated carbocycles. The van der Waals surface area contributed by atoms with Crippen LogP contribution in [0.3, 0.4) is 0 Å². The average molecular weight is 386 g/mol. The fraction of sp³-hybridized carbons (Fsp3) is 0.500. The minimum absolute atomic E-state index is 0.150. The summed E-state index contributed by atoms with van der Waals surface area (Å²) in [6.07, 6.45) is 2.65. The fourth-order valence-corrected chi connectivity index (χ4v) is 5.52. The first kappa shape index (κ1) is 19.6. The van der Waals surface area contributed by atoms with Crippen molar-refractivity contribution in [1.82, 2.24) is 14.9 Å². The molecular formula is C16H23N3O4S2. The van der Waals surface area contributed by atoms with Crippen LogP contribution >= 0.6 is 11.3 Å². The third-order valence-electron chi connectivity index (χ3n) is 4.07. The van der Waals surface area contributed by atoms with Gasteiger partial charge in [0, 0.05) is 31.4 Å². The Bertz CT molecular complexity index is 734. The number of rotatable bonds is 7. The number of piperidine rings is 1. The predicted molar refractivity (Wildman–Crippen MR) is 96.5 cm³/mol. The Morgan fingerprint density at radius 2 is 2.00 bits per heavy atom. The highest BCUT2D eigenvalue weighted by Crippen LogP contribution is 2.28. The molecule has 0 radical (unpaired) electrons. The van der Waals surface area contributed by atoms with E-state index in [0.717, 1.165) is 4.88 Å². The van der Waals surface area contributed by atoms with Crippen molar-refractivity contribution in [2.24, 2.45) is 5.92 Å². The topological polar surface area (TPSA) is 95.6 Å². The molecule has 1 aromatic rings. The summed E-state index contributed by atoms with van der Waals surface area (Å²) < 4.78 is 27.2. The van der Waals surface area contributed by atoms with Gasteiger partial charge in [-0.15, -0.1) is 11.3 Å². The van der Waals surface area contributed by atoms with Gasteiger partial charge in [-0.1, -0.05) is 6.58 Å². The summed E-state index contributed by atoms with van der Waals surface area (Å²) >= 11 is 1.18. The van der Waals surface area contributed by atoms with E-state index in [1.165, 1.54) is 28.6 Å². The van der Waals surface area contributed by atoms with Crippen LogP contribution in [0.25, 0.3) is 0 Å². The van der Waals surface area contributed by atoms with Gasteiger partial charge < -0.3 is 10.6 Å². The lowest BCUT2D eigenvalue weighted by molar-refractivity contribution is -0.119. The SMILES string of the molecule is C=CC(=O)NCC1CCN(S(=O)(=O)c2ccc(CNC(C)=O)s2)CC1. The van der Waals surface area contributed by atoms with E-state index in [1.54, 1.807) is 12.1 Å². The second-order valence-electron chi connectivity index (χ2n) is 5.93. The Morgan fingerprint density at radius 3 is 2.60 bits per heavy atom. The zero-order valence-corrected chi connectivity index (χ0v) is 15.8. The lowest BCUT2D eigenvalue weighted by Crippen LogP contribution is -2.41. The van der Waals surface area contributed by atoms with Crippen molar-refractivity contribution in [3.8, 4) is 0 Å². The van der Waals surface area contributed by atoms with Crippen molar-refractivity contribution in [3.05, 3.63) is 29.7 Å². The van der Waals surface area contributed by atoms with Gasteiger partial charge in [-0.05, 0) is 37.0 Å². The lowest BCUT2D eigenvalue weighted by atomic mass is 9.98. The number of amides is 2. The van der Waals surface area contributed by atoms with Crippen LogP contribution in [0.1, 0.15) is 24.6 Å². The van der Waals surface area contributed by atoms with Crippen LogP contribution in [0.5, 0.6) is 0 Å². The van der Waals surface area contributed by atoms with E-state index in [0.29, 0.717) is 43.2 Å². The van der Waals surface area contributed by atoms with Gasteiger partial charge in [0.05, 0.1) is 6.54 Å². The third kappa shape index (κ3) is 5.38. The number of carbonyl (C=O) groups is 2. The van der Waals surface area contributed by atoms with Crippen LogP contribution in [0, 0.1) is 5.92 Å². The molecule has 2 rings (SSSR count). The van der Waals surface area contributed by atoms with Crippen LogP contribution in [0.2, 0.25) is 0 Å². The molecule has 25 heavy (non-hydrogen) atoms. The first-order valence-corrected chi connectivity index (χ1v) is 10.3. The van der Waals surface area contributed by atoms with E-state index in [4.69, 9.17) is 0 Å². The van der Waals surface area contributed by atoms with Gasteiger partial charge in [-0.3, -0.25) is 9.59 Å². The smallest absolute Gasteiger partial charge is 0.252 e. The molecule has 0 spiro atoms. The quantitative estimate of drug-likeness (QED) is 0.687. The van der Waals surface area contributed by atoms with Gasteiger partial charge >= 0.3 is 0 Å². The Balaban J connectivity index is 1.92. The number of thiophene rings is 1. The fourth-order valence-electron chi connectivity index (χ4n) is 2.60. The molecule has 2 N–H and O–H groups in total. The summed E-state index contributed by atoms with van der Waals surface area (Å²) in [5.41, 5.74) is 0. The van der Waals surface area contributed by atoms with E-state index in [2.05, 4.69) is 17.2 Å². The first-order chi connectivity index (χ1) is 11.8. The molecular weight excluding hydrogens is 362 g/mol. The molecule has 0 aromatic carbocycles. The summed E-state index contributed by atoms with van der Waals surface area (Å²) in [6, 6.07) is 3.32. The van der Waals surface area contributed by atoms with Crippen molar-refractivity contribution in [1.29, 1.82) is 0 Å². The first-order valence-electron chi connectivity index (χ1n) is 8.06. The van der Waals surface area contributed by atoms with E-state index in [-0.39, 0.29) is 17.7 Å². The number of sulfonamides is 1. The zero-order valence-electron chi connectivity index (χ0n) is 14.2. The second-order valence-corrected chi connectivity index (χ2v) is 9.26. The molecule has 0 atom stereocenters. The molecule has 7 nitrogen and oxygen atoms in total. The van der Waals surface area contributed by atoms with Gasteiger partial charge in [-0.25, -0.2) is 8.42 Å². The van der Waals surface area contributed by atoms with E-state index in [1.807, 2.05) is 0 Å². The molecule has 0 bridgehead atoms. The van der Waals surface area contributed by atoms with Crippen molar-refractivity contribution in [2.75, 3.05) is 19.6 Å². The van der Waals surface area contributed by atoms with Crippen LogP contribution in [-0.2, 0) is 26.2 Å². The van der Waals surface area contributed by atoms with Crippen LogP contribution in [0.4, 0.5) is 0 Å². The standard InChI is InChI=1S/C16H23N3O4S2/c1-3-15(21)18-10-13-6-8-19(9-7-13)25(22,23)16-5-4-14(24-16)11-17-12(2)20/h3-5,13H,1,6-11H2,2H3,(H,17,20)(H,18,21). The van der Waals surface area contributed by atoms with Crippen molar-refractivity contribution in [3.63, 3.8) is 0 Å². The monoisotopic (exact) mass is 385 g/mol. The number of hydrogen-bond acceptors (Lipinski definition) is 5. The maximum Gasteiger partial charge on any atom is 0.252 e. The Kier molecular flexibility index (Phi) is 6.74. The number of nitrogens with zero attached hydrogens (tertiary/aromatic N) is 1. The molecule has 1 aliphatic heterocycles. The largest absolute Gasteiger partial charge is 0.352 e. The minimum atomic E-state index is -3.50. The summed E-state index contributed by atoms with van der Waals surface area (Å²) in [6.45, 7) is 6.58. The third-order valence-corrected chi connectivity index (χ3v) is 7.52. The normalized spacial score (nSPS) is 16.4. The van der Waals surface area contributed by atoms with E-state index in [9.17, 15) is 18.0 Å². The second kappa shape index (κ2) is 8.59. The predicted octanol–water partition coefficient (Wildman–Crippen LogP) is 1.09. The molecule has 1 aromatic heterocycles. The van der Waals surface area contributed by atoms with Crippen LogP contribution in [0.15, 0.2) is 29.0 Å². The molecule has 1 saturated heterocycles. The number of nitrogens with one attached hydrogen (secondary N) is 2. The highest BCUT2D eigenvalue weighted by molar-refractivity contribution is 7.91. The average Bonchev–Trinajstić information content (AvgIpc) is 3.08. The van der Waals surface area contributed by atoms with Crippen LogP contribution < -0.4 is 10.6 Å². The molecule has 138 valence electrons. The molecule has 1 aliphatic rings. The summed E-state index contributed by atoms with van der Waals surface area (Å²) in [7, 11) is -3.50. The van der Waals surface area contributed by atoms with Crippen molar-refractivity contribution >= 4 is 33.2 Å². The summed E-state index contributed by atoms with van der Waals surface area (Å²) in [4.78, 5) is 23.0. The van der Waals surface area contributed by atoms with Crippen molar-refractivity contribution in [2.45, 2.75) is 30.5 Å². The van der Waals surface area contributed by atoms with Crippen molar-refractivity contribution < 1.29 is 18.0 Å². The Morgan fingerprint density at radius 1 is 1.32 bits per heavy atom. The van der Waals surface area contributed by atoms with Gasteiger partial charge in [0.25, 0.3) is 10.0 Å². The molecule has 0 unspecified atom stereocenters. The molecule has 1 fully saturated rings. The number of hydrogen-bond donors (Lipinski definition) is 2. The highest BCUT2D eigenvalue weighted by atomic mass is 32.2. The van der Waals surface area contributed by atoms with E-state index >= 15 is 0 Å².